The molecule has 18 heavy (non-hydrogen) atoms. The smallest absolute Gasteiger partial charge is 0.340 e. The third-order valence-corrected chi connectivity index (χ3v) is 3.63. The molecule has 98 valence electrons. The molecule has 1 aromatic carbocycles. The Kier molecular flexibility index (Phi) is 4.12. The maximum Gasteiger partial charge on any atom is 0.340 e. The molecule has 0 aliphatic heterocycles. The molecular weight excluding hydrogens is 250 g/mol. The molecule has 3 nitrogen and oxygen atoms in total. The summed E-state index contributed by atoms with van der Waals surface area (Å²) in [4.78, 5) is 12.0. The van der Waals surface area contributed by atoms with Crippen LogP contribution in [-0.4, -0.2) is 12.1 Å². The monoisotopic (exact) mass is 267 g/mol. The molecule has 2 atom stereocenters. The van der Waals surface area contributed by atoms with E-state index in [0.29, 0.717) is 22.2 Å². The first-order chi connectivity index (χ1) is 8.56. The summed E-state index contributed by atoms with van der Waals surface area (Å²) in [6.45, 7) is 2.19. The van der Waals surface area contributed by atoms with E-state index in [0.717, 1.165) is 19.3 Å². The fourth-order valence-corrected chi connectivity index (χ4v) is 2.58. The summed E-state index contributed by atoms with van der Waals surface area (Å²) < 4.78 is 5.51. The van der Waals surface area contributed by atoms with Crippen molar-refractivity contribution >= 4 is 23.3 Å². The van der Waals surface area contributed by atoms with Gasteiger partial charge in [-0.2, -0.15) is 0 Å². The zero-order valence-electron chi connectivity index (χ0n) is 10.5. The van der Waals surface area contributed by atoms with Crippen molar-refractivity contribution in [2.75, 3.05) is 5.73 Å². The fraction of sp³-hybridized carbons (Fsp3) is 0.500. The minimum Gasteiger partial charge on any atom is -0.459 e. The predicted molar refractivity (Wildman–Crippen MR) is 72.7 cm³/mol. The summed E-state index contributed by atoms with van der Waals surface area (Å²) >= 11 is 5.86. The van der Waals surface area contributed by atoms with E-state index in [-0.39, 0.29) is 12.1 Å². The fourth-order valence-electron chi connectivity index (χ4n) is 2.41. The first-order valence-corrected chi connectivity index (χ1v) is 6.70. The summed E-state index contributed by atoms with van der Waals surface area (Å²) in [7, 11) is 0. The normalized spacial score (nSPS) is 23.7. The maximum atomic E-state index is 12.0. The van der Waals surface area contributed by atoms with Crippen LogP contribution >= 0.6 is 11.6 Å². The van der Waals surface area contributed by atoms with Gasteiger partial charge < -0.3 is 10.5 Å². The van der Waals surface area contributed by atoms with E-state index in [1.54, 1.807) is 18.2 Å². The Labute approximate surface area is 112 Å². The lowest BCUT2D eigenvalue weighted by molar-refractivity contribution is 0.0156. The van der Waals surface area contributed by atoms with Gasteiger partial charge in [0.1, 0.15) is 6.10 Å². The standard InChI is InChI=1S/C14H18ClNO2/c1-9-3-2-4-11(7-9)18-14(17)12-8-10(15)5-6-13(12)16/h5-6,8-9,11H,2-4,7,16H2,1H3. The Bertz CT molecular complexity index is 447. The van der Waals surface area contributed by atoms with E-state index >= 15 is 0 Å². The second-order valence-corrected chi connectivity index (χ2v) is 5.47. The average Bonchev–Trinajstić information content (AvgIpc) is 2.32. The van der Waals surface area contributed by atoms with Crippen molar-refractivity contribution in [3.8, 4) is 0 Å². The third-order valence-electron chi connectivity index (χ3n) is 3.40. The molecule has 0 aromatic heterocycles. The lowest BCUT2D eigenvalue weighted by atomic mass is 9.89. The van der Waals surface area contributed by atoms with Crippen molar-refractivity contribution in [2.24, 2.45) is 5.92 Å². The van der Waals surface area contributed by atoms with Crippen LogP contribution in [0.3, 0.4) is 0 Å². The SMILES string of the molecule is CC1CCCC(OC(=O)c2cc(Cl)ccc2N)C1. The minimum absolute atomic E-state index is 0.0135. The van der Waals surface area contributed by atoms with Crippen molar-refractivity contribution in [3.05, 3.63) is 28.8 Å². The molecule has 1 fully saturated rings. The number of hydrogen-bond acceptors (Lipinski definition) is 3. The van der Waals surface area contributed by atoms with Crippen LogP contribution in [-0.2, 0) is 4.74 Å². The van der Waals surface area contributed by atoms with E-state index in [1.807, 2.05) is 0 Å². The number of ether oxygens (including phenoxy) is 1. The first-order valence-electron chi connectivity index (χ1n) is 6.32. The summed E-state index contributed by atoms with van der Waals surface area (Å²) in [6, 6.07) is 4.85. The zero-order chi connectivity index (χ0) is 13.1. The molecule has 1 aromatic rings. The van der Waals surface area contributed by atoms with Crippen molar-refractivity contribution < 1.29 is 9.53 Å². The Morgan fingerprint density at radius 1 is 1.44 bits per heavy atom. The quantitative estimate of drug-likeness (QED) is 0.657. The maximum absolute atomic E-state index is 12.0. The number of carbonyl (C=O) groups is 1. The number of nitrogen functional groups attached to an aromatic ring is 1. The number of halogens is 1. The highest BCUT2D eigenvalue weighted by atomic mass is 35.5. The van der Waals surface area contributed by atoms with Gasteiger partial charge in [-0.1, -0.05) is 24.9 Å². The summed E-state index contributed by atoms with van der Waals surface area (Å²) in [5.41, 5.74) is 6.54. The van der Waals surface area contributed by atoms with E-state index in [9.17, 15) is 4.79 Å². The van der Waals surface area contributed by atoms with Gasteiger partial charge in [0.25, 0.3) is 0 Å². The summed E-state index contributed by atoms with van der Waals surface area (Å²) in [5.74, 6) is 0.252. The number of esters is 1. The van der Waals surface area contributed by atoms with Crippen LogP contribution in [0.1, 0.15) is 43.0 Å². The molecule has 0 heterocycles. The van der Waals surface area contributed by atoms with E-state index in [1.165, 1.54) is 6.42 Å². The Morgan fingerprint density at radius 2 is 2.22 bits per heavy atom. The molecule has 1 saturated carbocycles. The minimum atomic E-state index is -0.367. The van der Waals surface area contributed by atoms with Crippen LogP contribution in [0.25, 0.3) is 0 Å². The predicted octanol–water partition coefficient (Wildman–Crippen LogP) is 3.66. The topological polar surface area (TPSA) is 52.3 Å². The van der Waals surface area contributed by atoms with Gasteiger partial charge in [-0.05, 0) is 43.4 Å². The van der Waals surface area contributed by atoms with E-state index in [4.69, 9.17) is 22.1 Å². The van der Waals surface area contributed by atoms with Crippen molar-refractivity contribution in [1.82, 2.24) is 0 Å². The van der Waals surface area contributed by atoms with Crippen LogP contribution in [0, 0.1) is 5.92 Å². The zero-order valence-corrected chi connectivity index (χ0v) is 11.2. The molecule has 2 N–H and O–H groups in total. The van der Waals surface area contributed by atoms with Crippen LogP contribution in [0.5, 0.6) is 0 Å². The summed E-state index contributed by atoms with van der Waals surface area (Å²) in [6.07, 6.45) is 4.22. The van der Waals surface area contributed by atoms with E-state index < -0.39 is 0 Å². The third kappa shape index (κ3) is 3.16. The van der Waals surface area contributed by atoms with Gasteiger partial charge in [-0.25, -0.2) is 4.79 Å². The molecule has 0 amide bonds. The number of benzene rings is 1. The molecular formula is C14H18ClNO2. The number of carbonyl (C=O) groups excluding carboxylic acids is 1. The van der Waals surface area contributed by atoms with Gasteiger partial charge in [0.15, 0.2) is 0 Å². The van der Waals surface area contributed by atoms with Gasteiger partial charge in [-0.15, -0.1) is 0 Å². The second kappa shape index (κ2) is 5.61. The lowest BCUT2D eigenvalue weighted by Gasteiger charge is -2.26. The number of nitrogens with two attached hydrogens (primary N) is 1. The molecule has 4 heteroatoms. The molecule has 1 aliphatic carbocycles. The highest BCUT2D eigenvalue weighted by molar-refractivity contribution is 6.31. The summed E-state index contributed by atoms with van der Waals surface area (Å²) in [5, 5.41) is 0.494. The van der Waals surface area contributed by atoms with Crippen LogP contribution in [0.15, 0.2) is 18.2 Å². The Hall–Kier alpha value is -1.22. The lowest BCUT2D eigenvalue weighted by Crippen LogP contribution is -2.24. The van der Waals surface area contributed by atoms with Gasteiger partial charge in [0.05, 0.1) is 5.56 Å². The second-order valence-electron chi connectivity index (χ2n) is 5.03. The van der Waals surface area contributed by atoms with Crippen molar-refractivity contribution in [1.29, 1.82) is 0 Å². The Balaban J connectivity index is 2.05. The molecule has 0 bridgehead atoms. The average molecular weight is 268 g/mol. The number of hydrogen-bond donors (Lipinski definition) is 1. The molecule has 0 radical (unpaired) electrons. The van der Waals surface area contributed by atoms with Crippen molar-refractivity contribution in [3.63, 3.8) is 0 Å². The van der Waals surface area contributed by atoms with Gasteiger partial charge in [0, 0.05) is 10.7 Å². The molecule has 0 spiro atoms. The number of anilines is 1. The molecule has 0 saturated heterocycles. The van der Waals surface area contributed by atoms with Gasteiger partial charge >= 0.3 is 5.97 Å². The van der Waals surface area contributed by atoms with Crippen LogP contribution in [0.2, 0.25) is 5.02 Å². The molecule has 2 unspecified atom stereocenters. The highest BCUT2D eigenvalue weighted by Gasteiger charge is 2.23. The largest absolute Gasteiger partial charge is 0.459 e. The van der Waals surface area contributed by atoms with Crippen molar-refractivity contribution in [2.45, 2.75) is 38.7 Å². The van der Waals surface area contributed by atoms with Crippen LogP contribution < -0.4 is 5.73 Å². The Morgan fingerprint density at radius 3 is 2.94 bits per heavy atom. The van der Waals surface area contributed by atoms with Gasteiger partial charge in [0.2, 0.25) is 0 Å². The highest BCUT2D eigenvalue weighted by Crippen LogP contribution is 2.27. The van der Waals surface area contributed by atoms with Gasteiger partial charge in [-0.3, -0.25) is 0 Å². The van der Waals surface area contributed by atoms with E-state index in [2.05, 4.69) is 6.92 Å². The van der Waals surface area contributed by atoms with Crippen LogP contribution in [0.4, 0.5) is 5.69 Å². The first kappa shape index (κ1) is 13.2. The molecule has 1 aliphatic rings. The molecule has 2 rings (SSSR count). The number of rotatable bonds is 2.